The summed E-state index contributed by atoms with van der Waals surface area (Å²) in [4.78, 5) is 32.9. The lowest BCUT2D eigenvalue weighted by atomic mass is 9.91. The molecular weight excluding hydrogens is 254 g/mol. The van der Waals surface area contributed by atoms with E-state index >= 15 is 0 Å². The van der Waals surface area contributed by atoms with Gasteiger partial charge in [-0.15, -0.1) is 0 Å². The fourth-order valence-corrected chi connectivity index (χ4v) is 1.58. The van der Waals surface area contributed by atoms with Crippen molar-refractivity contribution >= 4 is 17.4 Å². The molecule has 1 N–H and O–H groups in total. The van der Waals surface area contributed by atoms with Gasteiger partial charge in [-0.2, -0.15) is 0 Å². The molecule has 0 radical (unpaired) electrons. The number of ketones is 1. The van der Waals surface area contributed by atoms with Crippen LogP contribution in [0.2, 0.25) is 0 Å². The van der Waals surface area contributed by atoms with Crippen LogP contribution in [0.3, 0.4) is 0 Å². The predicted octanol–water partition coefficient (Wildman–Crippen LogP) is 0.630. The Hall–Kier alpha value is -2.28. The third kappa shape index (κ3) is 3.14. The van der Waals surface area contributed by atoms with Gasteiger partial charge in [0.1, 0.15) is 0 Å². The Kier molecular flexibility index (Phi) is 4.34. The molecule has 0 spiro atoms. The third-order valence-corrected chi connectivity index (χ3v) is 2.69. The first-order valence-electron chi connectivity index (χ1n) is 5.36. The summed E-state index contributed by atoms with van der Waals surface area (Å²) in [7, 11) is 1.05. The second kappa shape index (κ2) is 5.57. The van der Waals surface area contributed by atoms with E-state index in [-0.39, 0.29) is 17.7 Å². The minimum absolute atomic E-state index is 0.187. The lowest BCUT2D eigenvalue weighted by molar-refractivity contribution is -0.384. The second-order valence-electron chi connectivity index (χ2n) is 4.01. The lowest BCUT2D eigenvalue weighted by Gasteiger charge is -2.22. The van der Waals surface area contributed by atoms with Crippen LogP contribution < -0.4 is 0 Å². The molecule has 1 aromatic rings. The SMILES string of the molecule is COC(=O)C(O)(Cc1cccc([N+](=O)[O-])c1)C(C)=O. The van der Waals surface area contributed by atoms with Gasteiger partial charge in [-0.1, -0.05) is 12.1 Å². The zero-order valence-corrected chi connectivity index (χ0v) is 10.5. The van der Waals surface area contributed by atoms with Crippen molar-refractivity contribution in [2.75, 3.05) is 7.11 Å². The predicted molar refractivity (Wildman–Crippen MR) is 64.4 cm³/mol. The molecule has 0 saturated heterocycles. The van der Waals surface area contributed by atoms with Crippen molar-refractivity contribution in [1.82, 2.24) is 0 Å². The van der Waals surface area contributed by atoms with E-state index in [4.69, 9.17) is 0 Å². The maximum atomic E-state index is 11.5. The Bertz CT molecular complexity index is 527. The van der Waals surface area contributed by atoms with Gasteiger partial charge in [0.2, 0.25) is 5.60 Å². The molecule has 0 saturated carbocycles. The molecule has 19 heavy (non-hydrogen) atoms. The van der Waals surface area contributed by atoms with Gasteiger partial charge in [0.25, 0.3) is 5.69 Å². The molecule has 102 valence electrons. The molecule has 1 aromatic carbocycles. The maximum Gasteiger partial charge on any atom is 0.346 e. The Morgan fingerprint density at radius 1 is 1.47 bits per heavy atom. The lowest BCUT2D eigenvalue weighted by Crippen LogP contribution is -2.48. The first-order valence-corrected chi connectivity index (χ1v) is 5.36. The number of nitro benzene ring substituents is 1. The number of nitrogens with zero attached hydrogens (tertiary/aromatic N) is 1. The number of rotatable bonds is 5. The molecule has 0 amide bonds. The van der Waals surface area contributed by atoms with E-state index in [2.05, 4.69) is 4.74 Å². The molecule has 0 aliphatic rings. The van der Waals surface area contributed by atoms with E-state index in [9.17, 15) is 24.8 Å². The van der Waals surface area contributed by atoms with Crippen LogP contribution in [-0.2, 0) is 20.7 Å². The number of aliphatic hydroxyl groups is 1. The third-order valence-electron chi connectivity index (χ3n) is 2.69. The van der Waals surface area contributed by atoms with Crippen LogP contribution >= 0.6 is 0 Å². The first kappa shape index (κ1) is 14.8. The Balaban J connectivity index is 3.11. The van der Waals surface area contributed by atoms with Crippen LogP contribution in [0.4, 0.5) is 5.69 Å². The number of ether oxygens (including phenoxy) is 1. The molecule has 1 unspecified atom stereocenters. The van der Waals surface area contributed by atoms with Crippen molar-refractivity contribution in [1.29, 1.82) is 0 Å². The monoisotopic (exact) mass is 267 g/mol. The standard InChI is InChI=1S/C12H13NO6/c1-8(14)12(16,11(15)19-2)7-9-4-3-5-10(6-9)13(17)18/h3-6,16H,7H2,1-2H3. The summed E-state index contributed by atoms with van der Waals surface area (Å²) in [6.07, 6.45) is -0.378. The molecule has 0 aliphatic heterocycles. The van der Waals surface area contributed by atoms with Gasteiger partial charge < -0.3 is 9.84 Å². The van der Waals surface area contributed by atoms with E-state index in [0.717, 1.165) is 14.0 Å². The molecule has 7 heteroatoms. The van der Waals surface area contributed by atoms with E-state index in [1.165, 1.54) is 24.3 Å². The van der Waals surface area contributed by atoms with Crippen molar-refractivity contribution in [3.8, 4) is 0 Å². The molecular formula is C12H13NO6. The first-order chi connectivity index (χ1) is 8.81. The average Bonchev–Trinajstić information content (AvgIpc) is 2.37. The minimum atomic E-state index is -2.33. The highest BCUT2D eigenvalue weighted by Crippen LogP contribution is 2.20. The number of methoxy groups -OCH3 is 1. The normalized spacial score (nSPS) is 13.4. The Morgan fingerprint density at radius 2 is 2.11 bits per heavy atom. The number of non-ortho nitro benzene ring substituents is 1. The molecule has 0 bridgehead atoms. The number of esters is 1. The van der Waals surface area contributed by atoms with Crippen LogP contribution in [0.25, 0.3) is 0 Å². The highest BCUT2D eigenvalue weighted by Gasteiger charge is 2.42. The number of Topliss-reactive ketones (excluding diaryl/α,β-unsaturated/α-hetero) is 1. The van der Waals surface area contributed by atoms with E-state index < -0.39 is 22.3 Å². The van der Waals surface area contributed by atoms with Gasteiger partial charge in [-0.3, -0.25) is 14.9 Å². The van der Waals surface area contributed by atoms with Crippen LogP contribution in [-0.4, -0.2) is 34.5 Å². The van der Waals surface area contributed by atoms with Gasteiger partial charge in [0.15, 0.2) is 5.78 Å². The molecule has 0 aliphatic carbocycles. The van der Waals surface area contributed by atoms with Crippen molar-refractivity contribution in [2.45, 2.75) is 18.9 Å². The fourth-order valence-electron chi connectivity index (χ4n) is 1.58. The van der Waals surface area contributed by atoms with Gasteiger partial charge in [-0.05, 0) is 12.5 Å². The largest absolute Gasteiger partial charge is 0.467 e. The zero-order chi connectivity index (χ0) is 14.6. The molecule has 0 aromatic heterocycles. The number of nitro groups is 1. The summed E-state index contributed by atoms with van der Waals surface area (Å²) in [5.74, 6) is -1.88. The molecule has 1 atom stereocenters. The van der Waals surface area contributed by atoms with Gasteiger partial charge in [0, 0.05) is 18.6 Å². The number of hydrogen-bond acceptors (Lipinski definition) is 6. The fraction of sp³-hybridized carbons (Fsp3) is 0.333. The molecule has 0 heterocycles. The Morgan fingerprint density at radius 3 is 2.58 bits per heavy atom. The number of hydrogen-bond donors (Lipinski definition) is 1. The zero-order valence-electron chi connectivity index (χ0n) is 10.5. The van der Waals surface area contributed by atoms with Crippen LogP contribution in [0, 0.1) is 10.1 Å². The Labute approximate surface area is 109 Å². The van der Waals surface area contributed by atoms with Crippen LogP contribution in [0.1, 0.15) is 12.5 Å². The average molecular weight is 267 g/mol. The summed E-state index contributed by atoms with van der Waals surface area (Å²) >= 11 is 0. The molecule has 7 nitrogen and oxygen atoms in total. The summed E-state index contributed by atoms with van der Waals surface area (Å²) in [5.41, 5.74) is -2.23. The maximum absolute atomic E-state index is 11.5. The van der Waals surface area contributed by atoms with Gasteiger partial charge in [-0.25, -0.2) is 4.79 Å². The minimum Gasteiger partial charge on any atom is -0.467 e. The van der Waals surface area contributed by atoms with E-state index in [1.54, 1.807) is 0 Å². The highest BCUT2D eigenvalue weighted by atomic mass is 16.6. The molecule has 1 rings (SSSR count). The van der Waals surface area contributed by atoms with Crippen molar-refractivity contribution < 1.29 is 24.4 Å². The number of benzene rings is 1. The smallest absolute Gasteiger partial charge is 0.346 e. The van der Waals surface area contributed by atoms with E-state index in [0.29, 0.717) is 0 Å². The van der Waals surface area contributed by atoms with Crippen molar-refractivity contribution in [2.24, 2.45) is 0 Å². The topological polar surface area (TPSA) is 107 Å². The summed E-state index contributed by atoms with van der Waals surface area (Å²) < 4.78 is 4.38. The number of carbonyl (C=O) groups is 2. The molecule has 0 fully saturated rings. The van der Waals surface area contributed by atoms with Crippen molar-refractivity contribution in [3.05, 3.63) is 39.9 Å². The quantitative estimate of drug-likeness (QED) is 0.363. The second-order valence-corrected chi connectivity index (χ2v) is 4.01. The van der Waals surface area contributed by atoms with Crippen LogP contribution in [0.15, 0.2) is 24.3 Å². The van der Waals surface area contributed by atoms with E-state index in [1.807, 2.05) is 0 Å². The summed E-state index contributed by atoms with van der Waals surface area (Å²) in [6, 6.07) is 5.35. The summed E-state index contributed by atoms with van der Waals surface area (Å²) in [6.45, 7) is 1.05. The summed E-state index contributed by atoms with van der Waals surface area (Å²) in [5, 5.41) is 20.7. The van der Waals surface area contributed by atoms with Gasteiger partial charge >= 0.3 is 5.97 Å². The number of carbonyl (C=O) groups excluding carboxylic acids is 2. The van der Waals surface area contributed by atoms with Crippen molar-refractivity contribution in [3.63, 3.8) is 0 Å². The van der Waals surface area contributed by atoms with Crippen LogP contribution in [0.5, 0.6) is 0 Å². The van der Waals surface area contributed by atoms with Gasteiger partial charge in [0.05, 0.1) is 12.0 Å². The highest BCUT2D eigenvalue weighted by molar-refractivity contribution is 6.06.